The molecule has 0 unspecified atom stereocenters. The molecule has 0 radical (unpaired) electrons. The number of phenolic OH excluding ortho intramolecular Hbond substituents is 2. The van der Waals surface area contributed by atoms with Gasteiger partial charge in [0, 0.05) is 22.3 Å². The molecule has 4 rings (SSSR count). The Bertz CT molecular complexity index is 1170. The van der Waals surface area contributed by atoms with Gasteiger partial charge in [0.2, 0.25) is 11.6 Å². The monoisotopic (exact) mass is 418 g/mol. The second-order valence-corrected chi connectivity index (χ2v) is 7.25. The van der Waals surface area contributed by atoms with Crippen molar-refractivity contribution in [1.82, 2.24) is 10.6 Å². The van der Waals surface area contributed by atoms with Crippen molar-refractivity contribution in [3.05, 3.63) is 81.2 Å². The summed E-state index contributed by atoms with van der Waals surface area (Å²) in [5.74, 6) is -2.49. The van der Waals surface area contributed by atoms with Gasteiger partial charge in [-0.2, -0.15) is 0 Å². The molecule has 4 N–H and O–H groups in total. The molecule has 0 amide bonds. The van der Waals surface area contributed by atoms with Crippen LogP contribution in [0.25, 0.3) is 0 Å². The number of fused-ring (bicyclic) bond motifs is 2. The molecule has 156 valence electrons. The molecular weight excluding hydrogens is 400 g/mol. The van der Waals surface area contributed by atoms with Crippen LogP contribution in [0.1, 0.15) is 55.3 Å². The molecule has 2 aromatic rings. The highest BCUT2D eigenvalue weighted by atomic mass is 16.3. The van der Waals surface area contributed by atoms with Crippen LogP contribution < -0.4 is 10.6 Å². The van der Waals surface area contributed by atoms with Crippen LogP contribution in [-0.4, -0.2) is 40.0 Å². The van der Waals surface area contributed by atoms with Crippen molar-refractivity contribution in [2.24, 2.45) is 0 Å². The van der Waals surface area contributed by atoms with Crippen LogP contribution in [0.3, 0.4) is 0 Å². The van der Waals surface area contributed by atoms with Crippen molar-refractivity contribution in [2.45, 2.75) is 13.8 Å². The van der Waals surface area contributed by atoms with Crippen LogP contribution in [0.15, 0.2) is 58.9 Å². The van der Waals surface area contributed by atoms with Crippen LogP contribution in [0, 0.1) is 0 Å². The smallest absolute Gasteiger partial charge is 0.213 e. The van der Waals surface area contributed by atoms with Crippen molar-refractivity contribution in [3.8, 4) is 11.5 Å². The lowest BCUT2D eigenvalue weighted by Crippen LogP contribution is -2.38. The quantitative estimate of drug-likeness (QED) is 0.556. The number of rotatable bonds is 4. The fraction of sp³-hybridized carbons (Fsp3) is 0.130. The third kappa shape index (κ3) is 3.00. The van der Waals surface area contributed by atoms with Crippen LogP contribution in [0.5, 0.6) is 11.5 Å². The van der Waals surface area contributed by atoms with Gasteiger partial charge in [0.25, 0.3) is 0 Å². The molecule has 0 heterocycles. The lowest BCUT2D eigenvalue weighted by Gasteiger charge is -2.23. The maximum atomic E-state index is 12.8. The lowest BCUT2D eigenvalue weighted by atomic mass is 9.87. The van der Waals surface area contributed by atoms with E-state index in [1.807, 2.05) is 0 Å². The molecule has 0 bridgehead atoms. The average molecular weight is 418 g/mol. The summed E-state index contributed by atoms with van der Waals surface area (Å²) < 4.78 is 0. The van der Waals surface area contributed by atoms with Gasteiger partial charge in [-0.05, 0) is 26.0 Å². The molecule has 8 heteroatoms. The van der Waals surface area contributed by atoms with Gasteiger partial charge in [-0.15, -0.1) is 0 Å². The second kappa shape index (κ2) is 7.24. The molecule has 2 aromatic carbocycles. The molecule has 0 aromatic heterocycles. The number of aromatic hydroxyl groups is 2. The third-order valence-corrected chi connectivity index (χ3v) is 5.44. The van der Waals surface area contributed by atoms with E-state index < -0.39 is 23.1 Å². The maximum absolute atomic E-state index is 12.8. The molecule has 0 atom stereocenters. The third-order valence-electron chi connectivity index (χ3n) is 5.44. The van der Waals surface area contributed by atoms with E-state index >= 15 is 0 Å². The summed E-state index contributed by atoms with van der Waals surface area (Å²) in [5, 5.41) is 25.7. The molecule has 2 aliphatic rings. The fourth-order valence-electron chi connectivity index (χ4n) is 3.80. The standard InChI is InChI=1S/C23H18N2O6/c1-10-18(22(30)16-12(20(10)28)5-3-7-14(16)26)24-9-25-19-11(2)21(29)13-6-4-8-15(27)17(13)23(19)31/h3-8,24-27H,9H2,1-2H3. The zero-order valence-corrected chi connectivity index (χ0v) is 16.7. The first-order chi connectivity index (χ1) is 14.7. The Labute approximate surface area is 176 Å². The van der Waals surface area contributed by atoms with Crippen LogP contribution in [0.2, 0.25) is 0 Å². The van der Waals surface area contributed by atoms with E-state index in [4.69, 9.17) is 0 Å². The summed E-state index contributed by atoms with van der Waals surface area (Å²) in [7, 11) is 0. The fourth-order valence-corrected chi connectivity index (χ4v) is 3.80. The first kappa shape index (κ1) is 20.1. The lowest BCUT2D eigenvalue weighted by molar-refractivity contribution is 0.0961. The Morgan fingerprint density at radius 1 is 0.645 bits per heavy atom. The summed E-state index contributed by atoms with van der Waals surface area (Å²) >= 11 is 0. The Morgan fingerprint density at radius 3 is 1.42 bits per heavy atom. The molecule has 8 nitrogen and oxygen atoms in total. The van der Waals surface area contributed by atoms with Crippen molar-refractivity contribution in [2.75, 3.05) is 6.67 Å². The minimum absolute atomic E-state index is 0.0115. The van der Waals surface area contributed by atoms with E-state index in [-0.39, 0.29) is 63.0 Å². The normalized spacial score (nSPS) is 15.8. The molecule has 0 fully saturated rings. The highest BCUT2D eigenvalue weighted by Gasteiger charge is 2.34. The highest BCUT2D eigenvalue weighted by Crippen LogP contribution is 2.32. The van der Waals surface area contributed by atoms with Crippen molar-refractivity contribution in [1.29, 1.82) is 0 Å². The van der Waals surface area contributed by atoms with Gasteiger partial charge in [0.05, 0.1) is 29.2 Å². The Hall–Kier alpha value is -4.20. The number of ketones is 4. The number of phenols is 2. The number of nitrogens with one attached hydrogen (secondary N) is 2. The predicted octanol–water partition coefficient (Wildman–Crippen LogP) is 2.24. The number of hydrogen-bond donors (Lipinski definition) is 4. The van der Waals surface area contributed by atoms with Gasteiger partial charge < -0.3 is 20.8 Å². The molecule has 0 aliphatic heterocycles. The Kier molecular flexibility index (Phi) is 4.69. The van der Waals surface area contributed by atoms with E-state index in [2.05, 4.69) is 10.6 Å². The number of allylic oxidation sites excluding steroid dienone is 4. The van der Waals surface area contributed by atoms with Crippen molar-refractivity contribution >= 4 is 23.1 Å². The molecule has 2 aliphatic carbocycles. The van der Waals surface area contributed by atoms with E-state index in [1.165, 1.54) is 50.2 Å². The van der Waals surface area contributed by atoms with Gasteiger partial charge in [-0.25, -0.2) is 0 Å². The second-order valence-electron chi connectivity index (χ2n) is 7.25. The largest absolute Gasteiger partial charge is 0.507 e. The highest BCUT2D eigenvalue weighted by molar-refractivity contribution is 6.28. The molecular formula is C23H18N2O6. The Morgan fingerprint density at radius 2 is 1.03 bits per heavy atom. The molecule has 0 saturated carbocycles. The SMILES string of the molecule is CC1=C(NCNC2=C(C)C(=O)c3cccc(O)c3C2=O)C(=O)c2c(O)cccc2C1=O. The van der Waals surface area contributed by atoms with E-state index in [9.17, 15) is 29.4 Å². The van der Waals surface area contributed by atoms with Crippen molar-refractivity contribution in [3.63, 3.8) is 0 Å². The number of carbonyl (C=O) groups excluding carboxylic acids is 4. The first-order valence-corrected chi connectivity index (χ1v) is 9.46. The number of Topliss-reactive ketones (excluding diaryl/α,β-unsaturated/α-hetero) is 4. The van der Waals surface area contributed by atoms with E-state index in [0.717, 1.165) is 0 Å². The van der Waals surface area contributed by atoms with Gasteiger partial charge >= 0.3 is 0 Å². The van der Waals surface area contributed by atoms with Gasteiger partial charge in [0.1, 0.15) is 11.5 Å². The van der Waals surface area contributed by atoms with E-state index in [1.54, 1.807) is 0 Å². The van der Waals surface area contributed by atoms with Crippen LogP contribution in [-0.2, 0) is 0 Å². The Balaban J connectivity index is 1.59. The summed E-state index contributed by atoms with van der Waals surface area (Å²) in [6, 6.07) is 8.56. The summed E-state index contributed by atoms with van der Waals surface area (Å²) in [6.45, 7) is 2.83. The summed E-state index contributed by atoms with van der Waals surface area (Å²) in [5.41, 5.74) is 0.399. The zero-order valence-electron chi connectivity index (χ0n) is 16.7. The van der Waals surface area contributed by atoms with E-state index in [0.29, 0.717) is 0 Å². The number of benzene rings is 2. The minimum atomic E-state index is -0.549. The van der Waals surface area contributed by atoms with Gasteiger partial charge in [-0.3, -0.25) is 19.2 Å². The summed E-state index contributed by atoms with van der Waals surface area (Å²) in [4.78, 5) is 50.9. The van der Waals surface area contributed by atoms with Crippen LogP contribution >= 0.6 is 0 Å². The topological polar surface area (TPSA) is 133 Å². The van der Waals surface area contributed by atoms with Crippen LogP contribution in [0.4, 0.5) is 0 Å². The van der Waals surface area contributed by atoms with Gasteiger partial charge in [-0.1, -0.05) is 24.3 Å². The molecule has 0 spiro atoms. The molecule has 31 heavy (non-hydrogen) atoms. The summed E-state index contributed by atoms with van der Waals surface area (Å²) in [6.07, 6.45) is 0. The number of hydrogen-bond acceptors (Lipinski definition) is 8. The average Bonchev–Trinajstić information content (AvgIpc) is 2.74. The predicted molar refractivity (Wildman–Crippen MR) is 110 cm³/mol. The first-order valence-electron chi connectivity index (χ1n) is 9.46. The minimum Gasteiger partial charge on any atom is -0.507 e. The van der Waals surface area contributed by atoms with Crippen molar-refractivity contribution < 1.29 is 29.4 Å². The van der Waals surface area contributed by atoms with Gasteiger partial charge in [0.15, 0.2) is 11.6 Å². The zero-order chi connectivity index (χ0) is 22.4. The maximum Gasteiger partial charge on any atom is 0.213 e. The molecule has 0 saturated heterocycles. The number of carbonyl (C=O) groups is 4.